The lowest BCUT2D eigenvalue weighted by atomic mass is 10.0. The Bertz CT molecular complexity index is 242. The second-order valence-corrected chi connectivity index (χ2v) is 3.65. The minimum Gasteiger partial charge on any atom is -0.319 e. The molecule has 3 heteroatoms. The maximum absolute atomic E-state index is 4.14. The molecule has 74 valence electrons. The molecule has 1 rings (SSSR count). The number of rotatable bonds is 5. The smallest absolute Gasteiger partial charge is 0.0492 e. The molecule has 0 saturated carbocycles. The number of nitrogens with one attached hydrogen (secondary N) is 1. The topological polar surface area (TPSA) is 29.9 Å². The van der Waals surface area contributed by atoms with Crippen molar-refractivity contribution in [3.8, 4) is 0 Å². The van der Waals surface area contributed by atoms with Crippen molar-refractivity contribution in [3.05, 3.63) is 18.0 Å². The molecule has 1 heterocycles. The minimum absolute atomic E-state index is 0.736. The summed E-state index contributed by atoms with van der Waals surface area (Å²) in [5.74, 6) is 0.736. The van der Waals surface area contributed by atoms with E-state index in [0.717, 1.165) is 18.9 Å². The van der Waals surface area contributed by atoms with Gasteiger partial charge in [-0.05, 0) is 38.4 Å². The Kier molecular flexibility index (Phi) is 3.96. The quantitative estimate of drug-likeness (QED) is 0.740. The first kappa shape index (κ1) is 10.3. The van der Waals surface area contributed by atoms with Crippen LogP contribution in [0, 0.1) is 5.92 Å². The molecule has 0 saturated heterocycles. The molecule has 1 aromatic rings. The highest BCUT2D eigenvalue weighted by atomic mass is 15.2. The third-order valence-corrected chi connectivity index (χ3v) is 2.37. The number of aryl methyl sites for hydroxylation is 2. The number of nitrogens with zero attached hydrogens (tertiary/aromatic N) is 2. The summed E-state index contributed by atoms with van der Waals surface area (Å²) in [5, 5.41) is 7.33. The van der Waals surface area contributed by atoms with E-state index in [1.54, 1.807) is 0 Å². The van der Waals surface area contributed by atoms with E-state index in [1.807, 2.05) is 25.0 Å². The molecule has 0 spiro atoms. The van der Waals surface area contributed by atoms with E-state index >= 15 is 0 Å². The fourth-order valence-electron chi connectivity index (χ4n) is 1.49. The molecule has 0 amide bonds. The van der Waals surface area contributed by atoms with Gasteiger partial charge in [0.1, 0.15) is 0 Å². The number of aromatic nitrogens is 2. The summed E-state index contributed by atoms with van der Waals surface area (Å²) in [5.41, 5.74) is 1.32. The van der Waals surface area contributed by atoms with E-state index in [2.05, 4.69) is 23.4 Å². The monoisotopic (exact) mass is 181 g/mol. The van der Waals surface area contributed by atoms with Crippen LogP contribution in [0.4, 0.5) is 0 Å². The summed E-state index contributed by atoms with van der Waals surface area (Å²) in [6.07, 6.45) is 4.21. The molecule has 1 unspecified atom stereocenters. The Morgan fingerprint density at radius 2 is 2.38 bits per heavy atom. The molecule has 0 aliphatic rings. The fraction of sp³-hybridized carbons (Fsp3) is 0.700. The minimum atomic E-state index is 0.736. The first-order valence-electron chi connectivity index (χ1n) is 4.85. The van der Waals surface area contributed by atoms with Crippen LogP contribution in [0.1, 0.15) is 19.0 Å². The van der Waals surface area contributed by atoms with Crippen molar-refractivity contribution in [1.29, 1.82) is 0 Å². The van der Waals surface area contributed by atoms with Crippen LogP contribution >= 0.6 is 0 Å². The lowest BCUT2D eigenvalue weighted by Gasteiger charge is -2.09. The molecular weight excluding hydrogens is 162 g/mol. The number of hydrogen-bond acceptors (Lipinski definition) is 2. The zero-order valence-corrected chi connectivity index (χ0v) is 8.75. The zero-order chi connectivity index (χ0) is 9.68. The molecule has 0 aliphatic heterocycles. The van der Waals surface area contributed by atoms with Crippen LogP contribution in [0.5, 0.6) is 0 Å². The molecule has 1 aromatic heterocycles. The molecular formula is C10H19N3. The molecule has 1 N–H and O–H groups in total. The Morgan fingerprint density at radius 3 is 2.92 bits per heavy atom. The van der Waals surface area contributed by atoms with Crippen LogP contribution in [0.3, 0.4) is 0 Å². The van der Waals surface area contributed by atoms with Gasteiger partial charge in [0.15, 0.2) is 0 Å². The van der Waals surface area contributed by atoms with Gasteiger partial charge in [-0.15, -0.1) is 0 Å². The summed E-state index contributed by atoms with van der Waals surface area (Å²) in [6.45, 7) is 3.37. The average molecular weight is 181 g/mol. The van der Waals surface area contributed by atoms with Crippen molar-refractivity contribution in [2.45, 2.75) is 19.8 Å². The summed E-state index contributed by atoms with van der Waals surface area (Å²) < 4.78 is 1.95. The highest BCUT2D eigenvalue weighted by molar-refractivity contribution is 4.99. The normalized spacial score (nSPS) is 13.2. The van der Waals surface area contributed by atoms with Crippen molar-refractivity contribution in [1.82, 2.24) is 15.1 Å². The lowest BCUT2D eigenvalue weighted by Crippen LogP contribution is -2.17. The Morgan fingerprint density at radius 1 is 1.62 bits per heavy atom. The fourth-order valence-corrected chi connectivity index (χ4v) is 1.49. The summed E-state index contributed by atoms with van der Waals surface area (Å²) in [7, 11) is 4.00. The maximum Gasteiger partial charge on any atom is 0.0492 e. The van der Waals surface area contributed by atoms with Gasteiger partial charge >= 0.3 is 0 Å². The third-order valence-electron chi connectivity index (χ3n) is 2.37. The summed E-state index contributed by atoms with van der Waals surface area (Å²) in [6, 6.07) is 2.09. The zero-order valence-electron chi connectivity index (χ0n) is 8.75. The van der Waals surface area contributed by atoms with Gasteiger partial charge in [-0.3, -0.25) is 4.68 Å². The van der Waals surface area contributed by atoms with E-state index in [4.69, 9.17) is 0 Å². The van der Waals surface area contributed by atoms with E-state index in [9.17, 15) is 0 Å². The third kappa shape index (κ3) is 3.19. The lowest BCUT2D eigenvalue weighted by molar-refractivity contribution is 0.495. The highest BCUT2D eigenvalue weighted by Gasteiger charge is 2.03. The van der Waals surface area contributed by atoms with Crippen molar-refractivity contribution in [2.24, 2.45) is 13.0 Å². The number of hydrogen-bond donors (Lipinski definition) is 1. The van der Waals surface area contributed by atoms with E-state index in [1.165, 1.54) is 12.1 Å². The van der Waals surface area contributed by atoms with Crippen molar-refractivity contribution in [3.63, 3.8) is 0 Å². The SMILES string of the molecule is CNCC(C)CCc1ccnn1C. The van der Waals surface area contributed by atoms with E-state index < -0.39 is 0 Å². The van der Waals surface area contributed by atoms with Gasteiger partial charge < -0.3 is 5.32 Å². The maximum atomic E-state index is 4.14. The standard InChI is InChI=1S/C10H19N3/c1-9(8-11-2)4-5-10-6-7-12-13(10)3/h6-7,9,11H,4-5,8H2,1-3H3. The van der Waals surface area contributed by atoms with Gasteiger partial charge in [0.05, 0.1) is 0 Å². The van der Waals surface area contributed by atoms with Crippen LogP contribution in [-0.4, -0.2) is 23.4 Å². The molecule has 0 radical (unpaired) electrons. The molecule has 3 nitrogen and oxygen atoms in total. The van der Waals surface area contributed by atoms with Gasteiger partial charge in [-0.25, -0.2) is 0 Å². The van der Waals surface area contributed by atoms with Crippen molar-refractivity contribution < 1.29 is 0 Å². The average Bonchev–Trinajstić information content (AvgIpc) is 2.48. The molecule has 0 aromatic carbocycles. The summed E-state index contributed by atoms with van der Waals surface area (Å²) >= 11 is 0. The van der Waals surface area contributed by atoms with Gasteiger partial charge in [0.2, 0.25) is 0 Å². The van der Waals surface area contributed by atoms with Crippen LogP contribution in [0.2, 0.25) is 0 Å². The first-order chi connectivity index (χ1) is 6.24. The molecule has 0 aliphatic carbocycles. The van der Waals surface area contributed by atoms with E-state index in [-0.39, 0.29) is 0 Å². The largest absolute Gasteiger partial charge is 0.319 e. The van der Waals surface area contributed by atoms with Crippen LogP contribution in [0.25, 0.3) is 0 Å². The Labute approximate surface area is 80.1 Å². The van der Waals surface area contributed by atoms with Gasteiger partial charge in [-0.1, -0.05) is 6.92 Å². The second kappa shape index (κ2) is 5.02. The summed E-state index contributed by atoms with van der Waals surface area (Å²) in [4.78, 5) is 0. The molecule has 1 atom stereocenters. The van der Waals surface area contributed by atoms with Crippen LogP contribution in [0.15, 0.2) is 12.3 Å². The predicted molar refractivity (Wildman–Crippen MR) is 54.6 cm³/mol. The van der Waals surface area contributed by atoms with Crippen LogP contribution in [-0.2, 0) is 13.5 Å². The second-order valence-electron chi connectivity index (χ2n) is 3.65. The first-order valence-corrected chi connectivity index (χ1v) is 4.85. The van der Waals surface area contributed by atoms with Crippen molar-refractivity contribution in [2.75, 3.05) is 13.6 Å². The predicted octanol–water partition coefficient (Wildman–Crippen LogP) is 1.21. The van der Waals surface area contributed by atoms with Crippen LogP contribution < -0.4 is 5.32 Å². The van der Waals surface area contributed by atoms with Crippen molar-refractivity contribution >= 4 is 0 Å². The molecule has 0 bridgehead atoms. The Balaban J connectivity index is 2.30. The van der Waals surface area contributed by atoms with Gasteiger partial charge in [-0.2, -0.15) is 5.10 Å². The van der Waals surface area contributed by atoms with Gasteiger partial charge in [0.25, 0.3) is 0 Å². The molecule has 0 fully saturated rings. The Hall–Kier alpha value is -0.830. The molecule has 13 heavy (non-hydrogen) atoms. The van der Waals surface area contributed by atoms with Gasteiger partial charge in [0, 0.05) is 18.9 Å². The van der Waals surface area contributed by atoms with E-state index in [0.29, 0.717) is 0 Å². The highest BCUT2D eigenvalue weighted by Crippen LogP contribution is 2.07.